The first-order valence-corrected chi connectivity index (χ1v) is 11.0. The van der Waals surface area contributed by atoms with Gasteiger partial charge in [-0.25, -0.2) is 0 Å². The SMILES string of the molecule is COC(=O)C[C@H](CC(=O)OC(C)(C)C)[Si](C)(C)c1ccccc1. The van der Waals surface area contributed by atoms with Gasteiger partial charge in [-0.1, -0.05) is 48.6 Å². The van der Waals surface area contributed by atoms with Crippen LogP contribution in [0.1, 0.15) is 33.6 Å². The Hall–Kier alpha value is -1.62. The van der Waals surface area contributed by atoms with E-state index in [1.807, 2.05) is 39.0 Å². The maximum Gasteiger partial charge on any atom is 0.306 e. The average molecular weight is 337 g/mol. The summed E-state index contributed by atoms with van der Waals surface area (Å²) in [4.78, 5) is 24.1. The monoisotopic (exact) mass is 336 g/mol. The van der Waals surface area contributed by atoms with Crippen molar-refractivity contribution in [2.75, 3.05) is 7.11 Å². The van der Waals surface area contributed by atoms with Crippen molar-refractivity contribution >= 4 is 25.2 Å². The Balaban J connectivity index is 3.00. The zero-order valence-corrected chi connectivity index (χ0v) is 16.0. The van der Waals surface area contributed by atoms with Crippen LogP contribution in [0, 0.1) is 0 Å². The summed E-state index contributed by atoms with van der Waals surface area (Å²) < 4.78 is 10.3. The Labute approximate surface area is 140 Å². The van der Waals surface area contributed by atoms with E-state index in [1.54, 1.807) is 0 Å². The third-order valence-corrected chi connectivity index (χ3v) is 8.28. The molecule has 0 fully saturated rings. The number of methoxy groups -OCH3 is 1. The zero-order chi connectivity index (χ0) is 17.7. The van der Waals surface area contributed by atoms with Crippen molar-refractivity contribution in [1.29, 1.82) is 0 Å². The molecule has 0 saturated heterocycles. The van der Waals surface area contributed by atoms with Gasteiger partial charge in [-0.2, -0.15) is 0 Å². The summed E-state index contributed by atoms with van der Waals surface area (Å²) in [5.41, 5.74) is -0.585. The summed E-state index contributed by atoms with van der Waals surface area (Å²) in [5, 5.41) is 1.22. The van der Waals surface area contributed by atoms with E-state index in [-0.39, 0.29) is 30.3 Å². The van der Waals surface area contributed by atoms with E-state index in [4.69, 9.17) is 9.47 Å². The number of hydrogen-bond acceptors (Lipinski definition) is 4. The summed E-state index contributed by atoms with van der Waals surface area (Å²) in [6, 6.07) is 10.1. The average Bonchev–Trinajstić information content (AvgIpc) is 2.45. The van der Waals surface area contributed by atoms with Crippen LogP contribution in [0.5, 0.6) is 0 Å². The fourth-order valence-electron chi connectivity index (χ4n) is 2.55. The Kier molecular flexibility index (Phi) is 6.56. The van der Waals surface area contributed by atoms with Crippen molar-refractivity contribution in [3.63, 3.8) is 0 Å². The smallest absolute Gasteiger partial charge is 0.306 e. The molecule has 0 radical (unpaired) electrons. The minimum absolute atomic E-state index is 0.0628. The first kappa shape index (κ1) is 19.4. The molecule has 128 valence electrons. The van der Waals surface area contributed by atoms with Crippen molar-refractivity contribution in [3.8, 4) is 0 Å². The highest BCUT2D eigenvalue weighted by Crippen LogP contribution is 2.30. The number of benzene rings is 1. The molecule has 5 heteroatoms. The molecule has 0 unspecified atom stereocenters. The van der Waals surface area contributed by atoms with Crippen molar-refractivity contribution in [2.45, 2.75) is 57.8 Å². The van der Waals surface area contributed by atoms with Crippen LogP contribution in [0.3, 0.4) is 0 Å². The van der Waals surface area contributed by atoms with Gasteiger partial charge in [-0.05, 0) is 26.3 Å². The number of rotatable bonds is 6. The zero-order valence-electron chi connectivity index (χ0n) is 15.0. The lowest BCUT2D eigenvalue weighted by atomic mass is 10.2. The quantitative estimate of drug-likeness (QED) is 0.591. The number of esters is 2. The van der Waals surface area contributed by atoms with Crippen molar-refractivity contribution in [1.82, 2.24) is 0 Å². The minimum Gasteiger partial charge on any atom is -0.469 e. The molecule has 1 atom stereocenters. The van der Waals surface area contributed by atoms with Crippen LogP contribution in [-0.2, 0) is 19.1 Å². The fourth-order valence-corrected chi connectivity index (χ4v) is 5.43. The van der Waals surface area contributed by atoms with E-state index in [0.29, 0.717) is 0 Å². The van der Waals surface area contributed by atoms with Crippen molar-refractivity contribution in [3.05, 3.63) is 30.3 Å². The lowest BCUT2D eigenvalue weighted by Crippen LogP contribution is -2.47. The lowest BCUT2D eigenvalue weighted by molar-refractivity contribution is -0.155. The van der Waals surface area contributed by atoms with E-state index in [9.17, 15) is 9.59 Å². The van der Waals surface area contributed by atoms with Gasteiger partial charge in [-0.3, -0.25) is 9.59 Å². The van der Waals surface area contributed by atoms with Gasteiger partial charge in [-0.15, -0.1) is 0 Å². The summed E-state index contributed by atoms with van der Waals surface area (Å²) in [6.07, 6.45) is 0.477. The summed E-state index contributed by atoms with van der Waals surface area (Å²) in [5.74, 6) is -0.544. The second-order valence-electron chi connectivity index (χ2n) is 7.36. The minimum atomic E-state index is -2.03. The van der Waals surface area contributed by atoms with Crippen LogP contribution in [0.25, 0.3) is 0 Å². The molecule has 0 aliphatic carbocycles. The molecule has 0 heterocycles. The van der Waals surface area contributed by atoms with Crippen molar-refractivity contribution in [2.24, 2.45) is 0 Å². The third-order valence-electron chi connectivity index (χ3n) is 4.01. The highest BCUT2D eigenvalue weighted by molar-refractivity contribution is 6.91. The summed E-state index contributed by atoms with van der Waals surface area (Å²) >= 11 is 0. The Morgan fingerprint density at radius 3 is 2.04 bits per heavy atom. The predicted octanol–water partition coefficient (Wildman–Crippen LogP) is 3.27. The van der Waals surface area contributed by atoms with Crippen LogP contribution >= 0.6 is 0 Å². The Morgan fingerprint density at radius 2 is 1.57 bits per heavy atom. The largest absolute Gasteiger partial charge is 0.469 e. The second-order valence-corrected chi connectivity index (χ2v) is 12.2. The van der Waals surface area contributed by atoms with Gasteiger partial charge < -0.3 is 9.47 Å². The van der Waals surface area contributed by atoms with Gasteiger partial charge in [0.05, 0.1) is 15.2 Å². The molecule has 1 aromatic carbocycles. The highest BCUT2D eigenvalue weighted by atomic mass is 28.3. The topological polar surface area (TPSA) is 52.6 Å². The first-order chi connectivity index (χ1) is 10.6. The normalized spacial score (nSPS) is 13.3. The fraction of sp³-hybridized carbons (Fsp3) is 0.556. The molecule has 23 heavy (non-hydrogen) atoms. The molecule has 0 amide bonds. The Bertz CT molecular complexity index is 532. The van der Waals surface area contributed by atoms with E-state index < -0.39 is 13.7 Å². The molecule has 0 saturated carbocycles. The van der Waals surface area contributed by atoms with Crippen LogP contribution in [-0.4, -0.2) is 32.7 Å². The third kappa shape index (κ3) is 6.18. The molecule has 1 rings (SSSR count). The predicted molar refractivity (Wildman–Crippen MR) is 94.4 cm³/mol. The van der Waals surface area contributed by atoms with Crippen molar-refractivity contribution < 1.29 is 19.1 Å². The molecular weight excluding hydrogens is 308 g/mol. The molecular formula is C18H28O4Si. The van der Waals surface area contributed by atoms with Crippen LogP contribution < -0.4 is 5.19 Å². The van der Waals surface area contributed by atoms with Gasteiger partial charge in [0.2, 0.25) is 0 Å². The van der Waals surface area contributed by atoms with Crippen LogP contribution in [0.4, 0.5) is 0 Å². The number of hydrogen-bond donors (Lipinski definition) is 0. The van der Waals surface area contributed by atoms with Crippen LogP contribution in [0.15, 0.2) is 30.3 Å². The molecule has 0 aliphatic rings. The van der Waals surface area contributed by atoms with Gasteiger partial charge in [0, 0.05) is 12.8 Å². The molecule has 0 bridgehead atoms. The highest BCUT2D eigenvalue weighted by Gasteiger charge is 2.37. The van der Waals surface area contributed by atoms with Gasteiger partial charge in [0.1, 0.15) is 5.60 Å². The first-order valence-electron chi connectivity index (χ1n) is 7.90. The molecule has 0 aromatic heterocycles. The maximum atomic E-state index is 12.3. The number of ether oxygens (including phenoxy) is 2. The van der Waals surface area contributed by atoms with E-state index in [2.05, 4.69) is 25.2 Å². The van der Waals surface area contributed by atoms with Gasteiger partial charge in [0.25, 0.3) is 0 Å². The molecule has 0 spiro atoms. The molecule has 1 aromatic rings. The Morgan fingerprint density at radius 1 is 1.04 bits per heavy atom. The molecule has 0 aliphatic heterocycles. The number of carbonyl (C=O) groups is 2. The van der Waals surface area contributed by atoms with E-state index in [1.165, 1.54) is 12.3 Å². The molecule has 4 nitrogen and oxygen atoms in total. The van der Waals surface area contributed by atoms with Gasteiger partial charge in [0.15, 0.2) is 0 Å². The lowest BCUT2D eigenvalue weighted by Gasteiger charge is -2.32. The van der Waals surface area contributed by atoms with E-state index >= 15 is 0 Å². The number of carbonyl (C=O) groups excluding carboxylic acids is 2. The van der Waals surface area contributed by atoms with Crippen LogP contribution in [0.2, 0.25) is 18.6 Å². The van der Waals surface area contributed by atoms with E-state index in [0.717, 1.165) is 0 Å². The van der Waals surface area contributed by atoms with Gasteiger partial charge >= 0.3 is 11.9 Å². The standard InChI is InChI=1S/C18H28O4Si/c1-18(2,3)22-17(20)13-15(12-16(19)21-4)23(5,6)14-10-8-7-9-11-14/h7-11,15H,12-13H2,1-6H3/t15-/m1/s1. The maximum absolute atomic E-state index is 12.3. The molecule has 0 N–H and O–H groups in total. The summed E-state index contributed by atoms with van der Waals surface area (Å²) in [7, 11) is -0.649. The summed E-state index contributed by atoms with van der Waals surface area (Å²) in [6.45, 7) is 9.90. The second kappa shape index (κ2) is 7.77.